The zero-order valence-electron chi connectivity index (χ0n) is 5.63. The number of hydrogen-bond donors (Lipinski definition) is 1. The number of Topliss-reactive ketones (excluding diaryl/α,β-unsaturated/α-hetero) is 1. The first kappa shape index (κ1) is 9.62. The van der Waals surface area contributed by atoms with E-state index in [0.717, 1.165) is 6.42 Å². The van der Waals surface area contributed by atoms with Gasteiger partial charge in [0.15, 0.2) is 0 Å². The molecular formula is C6H9BrO3. The summed E-state index contributed by atoms with van der Waals surface area (Å²) < 4.78 is 0. The lowest BCUT2D eigenvalue weighted by atomic mass is 10.2. The highest BCUT2D eigenvalue weighted by Crippen LogP contribution is 2.09. The Labute approximate surface area is 67.5 Å². The Bertz CT molecular complexity index is 144. The molecular weight excluding hydrogens is 200 g/mol. The van der Waals surface area contributed by atoms with Gasteiger partial charge in [-0.3, -0.25) is 4.79 Å². The van der Waals surface area contributed by atoms with Crippen molar-refractivity contribution in [3.63, 3.8) is 0 Å². The van der Waals surface area contributed by atoms with Crippen molar-refractivity contribution in [3.8, 4) is 0 Å². The molecule has 0 aliphatic carbocycles. The van der Waals surface area contributed by atoms with Crippen LogP contribution in [0.2, 0.25) is 0 Å². The lowest BCUT2D eigenvalue weighted by molar-refractivity contribution is -0.149. The van der Waals surface area contributed by atoms with Crippen molar-refractivity contribution in [1.29, 1.82) is 0 Å². The highest BCUT2D eigenvalue weighted by molar-refractivity contribution is 9.09. The summed E-state index contributed by atoms with van der Waals surface area (Å²) in [4.78, 5) is 20.5. The molecule has 0 aromatic heterocycles. The van der Waals surface area contributed by atoms with Crippen LogP contribution >= 0.6 is 15.9 Å². The third-order valence-corrected chi connectivity index (χ3v) is 2.06. The van der Waals surface area contributed by atoms with Crippen LogP contribution in [0.3, 0.4) is 0 Å². The third-order valence-electron chi connectivity index (χ3n) is 1.09. The van der Waals surface area contributed by atoms with E-state index in [4.69, 9.17) is 5.11 Å². The molecule has 0 spiro atoms. The first-order valence-electron chi connectivity index (χ1n) is 2.98. The lowest BCUT2D eigenvalue weighted by Crippen LogP contribution is -2.16. The maximum atomic E-state index is 10.5. The van der Waals surface area contributed by atoms with E-state index in [-0.39, 0.29) is 11.2 Å². The van der Waals surface area contributed by atoms with Gasteiger partial charge < -0.3 is 5.11 Å². The van der Waals surface area contributed by atoms with Gasteiger partial charge in [-0.15, -0.1) is 0 Å². The fraction of sp³-hybridized carbons (Fsp3) is 0.667. The number of ketones is 1. The molecule has 4 heteroatoms. The van der Waals surface area contributed by atoms with Gasteiger partial charge in [-0.1, -0.05) is 22.9 Å². The van der Waals surface area contributed by atoms with Crippen molar-refractivity contribution in [2.75, 3.05) is 0 Å². The standard InChI is InChI=1S/C6H9BrO3/c1-2-4(7)3-5(8)6(9)10/h4H,2-3H2,1H3,(H,9,10). The van der Waals surface area contributed by atoms with E-state index in [1.54, 1.807) is 0 Å². The molecule has 0 aliphatic rings. The molecule has 0 saturated heterocycles. The van der Waals surface area contributed by atoms with Crippen molar-refractivity contribution in [2.24, 2.45) is 0 Å². The Morgan fingerprint density at radius 2 is 2.10 bits per heavy atom. The average molecular weight is 209 g/mol. The van der Waals surface area contributed by atoms with Crippen LogP contribution in [-0.4, -0.2) is 21.7 Å². The Balaban J connectivity index is 3.68. The number of halogens is 1. The molecule has 1 unspecified atom stereocenters. The number of carbonyl (C=O) groups excluding carboxylic acids is 1. The lowest BCUT2D eigenvalue weighted by Gasteiger charge is -2.00. The minimum atomic E-state index is -1.35. The van der Waals surface area contributed by atoms with Crippen molar-refractivity contribution < 1.29 is 14.7 Å². The van der Waals surface area contributed by atoms with Crippen LogP contribution in [0.4, 0.5) is 0 Å². The second kappa shape index (κ2) is 4.44. The van der Waals surface area contributed by atoms with Gasteiger partial charge in [-0.2, -0.15) is 0 Å². The highest BCUT2D eigenvalue weighted by atomic mass is 79.9. The summed E-state index contributed by atoms with van der Waals surface area (Å²) in [6.07, 6.45) is 0.838. The quantitative estimate of drug-likeness (QED) is 0.559. The number of carboxylic acids is 1. The van der Waals surface area contributed by atoms with E-state index in [1.165, 1.54) is 0 Å². The Morgan fingerprint density at radius 1 is 1.60 bits per heavy atom. The van der Waals surface area contributed by atoms with Gasteiger partial charge in [0.1, 0.15) is 0 Å². The van der Waals surface area contributed by atoms with E-state index in [9.17, 15) is 9.59 Å². The first-order valence-corrected chi connectivity index (χ1v) is 3.89. The minimum absolute atomic E-state index is 0.00361. The molecule has 0 aliphatic heterocycles. The molecule has 1 atom stereocenters. The summed E-state index contributed by atoms with van der Waals surface area (Å²) in [5.74, 6) is -2.08. The van der Waals surface area contributed by atoms with Crippen LogP contribution in [0, 0.1) is 0 Å². The maximum absolute atomic E-state index is 10.5. The molecule has 0 fully saturated rings. The number of aliphatic carboxylic acids is 1. The molecule has 58 valence electrons. The van der Waals surface area contributed by atoms with E-state index < -0.39 is 11.8 Å². The predicted octanol–water partition coefficient (Wildman–Crippen LogP) is 1.20. The van der Waals surface area contributed by atoms with Crippen LogP contribution in [-0.2, 0) is 9.59 Å². The van der Waals surface area contributed by atoms with Crippen LogP contribution < -0.4 is 0 Å². The summed E-state index contributed by atoms with van der Waals surface area (Å²) in [6.45, 7) is 1.88. The summed E-state index contributed by atoms with van der Waals surface area (Å²) in [5, 5.41) is 8.16. The summed E-state index contributed by atoms with van der Waals surface area (Å²) in [6, 6.07) is 0. The van der Waals surface area contributed by atoms with Gasteiger partial charge in [-0.05, 0) is 6.42 Å². The molecule has 0 amide bonds. The monoisotopic (exact) mass is 208 g/mol. The summed E-state index contributed by atoms with van der Waals surface area (Å²) >= 11 is 3.16. The fourth-order valence-corrected chi connectivity index (χ4v) is 0.727. The number of carboxylic acid groups (broad SMARTS) is 1. The highest BCUT2D eigenvalue weighted by Gasteiger charge is 2.14. The summed E-state index contributed by atoms with van der Waals surface area (Å²) in [5.41, 5.74) is 0. The molecule has 0 radical (unpaired) electrons. The zero-order valence-corrected chi connectivity index (χ0v) is 7.22. The largest absolute Gasteiger partial charge is 0.476 e. The first-order chi connectivity index (χ1) is 4.57. The number of rotatable bonds is 4. The molecule has 10 heavy (non-hydrogen) atoms. The molecule has 3 nitrogen and oxygen atoms in total. The molecule has 0 aromatic rings. The average Bonchev–Trinajstić information content (AvgIpc) is 1.87. The maximum Gasteiger partial charge on any atom is 0.372 e. The molecule has 0 aromatic carbocycles. The van der Waals surface area contributed by atoms with Crippen molar-refractivity contribution in [1.82, 2.24) is 0 Å². The van der Waals surface area contributed by atoms with Crippen LogP contribution in [0.5, 0.6) is 0 Å². The van der Waals surface area contributed by atoms with E-state index >= 15 is 0 Å². The van der Waals surface area contributed by atoms with Gasteiger partial charge in [0.25, 0.3) is 0 Å². The Kier molecular flexibility index (Phi) is 4.27. The smallest absolute Gasteiger partial charge is 0.372 e. The molecule has 1 N–H and O–H groups in total. The van der Waals surface area contributed by atoms with Crippen LogP contribution in [0.1, 0.15) is 19.8 Å². The van der Waals surface area contributed by atoms with E-state index in [2.05, 4.69) is 15.9 Å². The topological polar surface area (TPSA) is 54.4 Å². The predicted molar refractivity (Wildman–Crippen MR) is 40.3 cm³/mol. The van der Waals surface area contributed by atoms with Crippen molar-refractivity contribution in [2.45, 2.75) is 24.6 Å². The molecule has 0 saturated carbocycles. The van der Waals surface area contributed by atoms with Gasteiger partial charge in [0.2, 0.25) is 5.78 Å². The summed E-state index contributed by atoms with van der Waals surface area (Å²) in [7, 11) is 0. The van der Waals surface area contributed by atoms with Crippen LogP contribution in [0.25, 0.3) is 0 Å². The van der Waals surface area contributed by atoms with E-state index in [1.807, 2.05) is 6.92 Å². The molecule has 0 heterocycles. The second-order valence-corrected chi connectivity index (χ2v) is 3.23. The zero-order chi connectivity index (χ0) is 8.15. The van der Waals surface area contributed by atoms with Gasteiger partial charge in [0.05, 0.1) is 0 Å². The minimum Gasteiger partial charge on any atom is -0.476 e. The fourth-order valence-electron chi connectivity index (χ4n) is 0.433. The SMILES string of the molecule is CCC(Br)CC(=O)C(=O)O. The van der Waals surface area contributed by atoms with Gasteiger partial charge in [-0.25, -0.2) is 4.79 Å². The molecule has 0 rings (SSSR count). The van der Waals surface area contributed by atoms with Gasteiger partial charge >= 0.3 is 5.97 Å². The Morgan fingerprint density at radius 3 is 2.40 bits per heavy atom. The van der Waals surface area contributed by atoms with Crippen molar-refractivity contribution in [3.05, 3.63) is 0 Å². The number of hydrogen-bond acceptors (Lipinski definition) is 2. The second-order valence-electron chi connectivity index (χ2n) is 1.94. The Hall–Kier alpha value is -0.380. The van der Waals surface area contributed by atoms with Crippen molar-refractivity contribution >= 4 is 27.7 Å². The van der Waals surface area contributed by atoms with Crippen LogP contribution in [0.15, 0.2) is 0 Å². The van der Waals surface area contributed by atoms with E-state index in [0.29, 0.717) is 0 Å². The normalized spacial score (nSPS) is 12.6. The number of carbonyl (C=O) groups is 2. The number of alkyl halides is 1. The van der Waals surface area contributed by atoms with Gasteiger partial charge in [0, 0.05) is 11.2 Å². The third kappa shape index (κ3) is 3.61. The molecule has 0 bridgehead atoms.